The topological polar surface area (TPSA) is 140 Å². The van der Waals surface area contributed by atoms with Gasteiger partial charge in [0.05, 0.1) is 10.5 Å². The van der Waals surface area contributed by atoms with Crippen molar-refractivity contribution < 1.29 is 17.4 Å². The van der Waals surface area contributed by atoms with Gasteiger partial charge in [0, 0.05) is 11.6 Å². The van der Waals surface area contributed by atoms with Crippen LogP contribution >= 0.6 is 11.6 Å². The van der Waals surface area contributed by atoms with Crippen molar-refractivity contribution >= 4 is 44.3 Å². The van der Waals surface area contributed by atoms with Gasteiger partial charge < -0.3 is 26.0 Å². The Balaban J connectivity index is 2.26. The summed E-state index contributed by atoms with van der Waals surface area (Å²) in [4.78, 5) is 14.5. The van der Waals surface area contributed by atoms with Crippen LogP contribution in [0, 0.1) is 6.92 Å². The van der Waals surface area contributed by atoms with Crippen LogP contribution < -0.4 is 21.0 Å². The number of carbonyl (C=O) groups excluding carboxylic acids is 1. The molecule has 0 bridgehead atoms. The maximum atomic E-state index is 13.0. The van der Waals surface area contributed by atoms with E-state index in [4.69, 9.17) is 27.3 Å². The summed E-state index contributed by atoms with van der Waals surface area (Å²) < 4.78 is 31.4. The largest absolute Gasteiger partial charge is 0.376 e. The van der Waals surface area contributed by atoms with E-state index in [-0.39, 0.29) is 21.4 Å². The van der Waals surface area contributed by atoms with E-state index in [0.717, 1.165) is 5.56 Å². The quantitative estimate of drug-likeness (QED) is 0.452. The molecule has 0 fully saturated rings. The minimum atomic E-state index is -4.22. The van der Waals surface area contributed by atoms with Gasteiger partial charge in [-0.25, -0.2) is 4.79 Å². The first-order chi connectivity index (χ1) is 13.2. The predicted octanol–water partition coefficient (Wildman–Crippen LogP) is 2.89. The highest BCUT2D eigenvalue weighted by Crippen LogP contribution is 2.43. The van der Waals surface area contributed by atoms with E-state index in [9.17, 15) is 13.2 Å². The number of hydrogen-bond donors (Lipinski definition) is 4. The Hall–Kier alpha value is -2.75. The molecule has 2 amide bonds. The molecular weight excluding hydrogens is 404 g/mol. The number of amides is 2. The van der Waals surface area contributed by atoms with Gasteiger partial charge in [0.15, 0.2) is 5.75 Å². The Bertz CT molecular complexity index is 1160. The van der Waals surface area contributed by atoms with E-state index in [1.54, 1.807) is 37.4 Å². The monoisotopic (exact) mass is 422 g/mol. The SMILES string of the molecule is Cc1ccccc1S(=O)(=O)Oc1c(NC(N)=O)c(Cl)cc2[nH]cc(CCN)c12. The van der Waals surface area contributed by atoms with E-state index in [0.29, 0.717) is 29.4 Å². The number of benzene rings is 2. The third-order valence-corrected chi connectivity index (χ3v) is 5.86. The van der Waals surface area contributed by atoms with Crippen molar-refractivity contribution in [1.82, 2.24) is 4.98 Å². The average Bonchev–Trinajstić information content (AvgIpc) is 3.00. The normalized spacial score (nSPS) is 11.5. The number of H-pyrrole nitrogens is 1. The van der Waals surface area contributed by atoms with Crippen molar-refractivity contribution in [2.24, 2.45) is 11.5 Å². The van der Waals surface area contributed by atoms with Crippen LogP contribution in [-0.4, -0.2) is 26.0 Å². The van der Waals surface area contributed by atoms with Crippen LogP contribution in [0.3, 0.4) is 0 Å². The number of rotatable bonds is 6. The molecular formula is C18H19ClN4O4S. The molecule has 3 aromatic rings. The van der Waals surface area contributed by atoms with Crippen LogP contribution in [0.2, 0.25) is 5.02 Å². The number of halogens is 1. The van der Waals surface area contributed by atoms with Gasteiger partial charge in [0.2, 0.25) is 0 Å². The van der Waals surface area contributed by atoms with Crippen LogP contribution in [0.5, 0.6) is 5.75 Å². The number of carbonyl (C=O) groups is 1. The summed E-state index contributed by atoms with van der Waals surface area (Å²) in [5.74, 6) is -0.116. The summed E-state index contributed by atoms with van der Waals surface area (Å²) in [5.41, 5.74) is 12.6. The summed E-state index contributed by atoms with van der Waals surface area (Å²) in [5, 5.41) is 2.88. The standard InChI is InChI=1S/C18H19ClN4O4S/c1-10-4-2-3-5-14(10)28(25,26)27-17-15-11(6-7-20)9-22-13(15)8-12(19)16(17)23-18(21)24/h2-5,8-9,22H,6-7,20H2,1H3,(H3,21,23,24). The Labute approximate surface area is 166 Å². The smallest absolute Gasteiger partial charge is 0.339 e. The highest BCUT2D eigenvalue weighted by Gasteiger charge is 2.26. The number of aryl methyl sites for hydroxylation is 1. The number of primary amides is 1. The van der Waals surface area contributed by atoms with Crippen molar-refractivity contribution in [3.05, 3.63) is 52.7 Å². The molecule has 6 N–H and O–H groups in total. The zero-order valence-electron chi connectivity index (χ0n) is 15.0. The highest BCUT2D eigenvalue weighted by molar-refractivity contribution is 7.87. The molecule has 0 unspecified atom stereocenters. The molecule has 0 saturated carbocycles. The number of nitrogens with two attached hydrogens (primary N) is 2. The van der Waals surface area contributed by atoms with E-state index in [1.165, 1.54) is 6.07 Å². The second-order valence-electron chi connectivity index (χ2n) is 6.13. The lowest BCUT2D eigenvalue weighted by molar-refractivity contribution is 0.259. The van der Waals surface area contributed by atoms with Gasteiger partial charge >= 0.3 is 16.1 Å². The first-order valence-corrected chi connectivity index (χ1v) is 10.1. The van der Waals surface area contributed by atoms with Gasteiger partial charge in [-0.05, 0) is 43.1 Å². The minimum absolute atomic E-state index is 0.00376. The minimum Gasteiger partial charge on any atom is -0.376 e. The maximum absolute atomic E-state index is 13.0. The first-order valence-electron chi connectivity index (χ1n) is 8.33. The van der Waals surface area contributed by atoms with Crippen molar-refractivity contribution in [2.45, 2.75) is 18.2 Å². The van der Waals surface area contributed by atoms with E-state index in [2.05, 4.69) is 10.3 Å². The first kappa shape index (κ1) is 20.0. The second kappa shape index (κ2) is 7.70. The second-order valence-corrected chi connectivity index (χ2v) is 8.05. The molecule has 1 aromatic heterocycles. The van der Waals surface area contributed by atoms with Crippen molar-refractivity contribution in [3.8, 4) is 5.75 Å². The third-order valence-electron chi connectivity index (χ3n) is 4.17. The van der Waals surface area contributed by atoms with E-state index >= 15 is 0 Å². The molecule has 148 valence electrons. The zero-order valence-corrected chi connectivity index (χ0v) is 16.5. The molecule has 28 heavy (non-hydrogen) atoms. The van der Waals surface area contributed by atoms with E-state index < -0.39 is 16.1 Å². The number of fused-ring (bicyclic) bond motifs is 1. The lowest BCUT2D eigenvalue weighted by Gasteiger charge is -2.16. The average molecular weight is 423 g/mol. The number of hydrogen-bond acceptors (Lipinski definition) is 5. The van der Waals surface area contributed by atoms with Crippen molar-refractivity contribution in [3.63, 3.8) is 0 Å². The van der Waals surface area contributed by atoms with Gasteiger partial charge in [-0.15, -0.1) is 0 Å². The van der Waals surface area contributed by atoms with Gasteiger partial charge in [-0.2, -0.15) is 8.42 Å². The fraction of sp³-hybridized carbons (Fsp3) is 0.167. The Morgan fingerprint density at radius 2 is 2.04 bits per heavy atom. The van der Waals surface area contributed by atoms with Crippen LogP contribution in [0.15, 0.2) is 41.4 Å². The summed E-state index contributed by atoms with van der Waals surface area (Å²) in [7, 11) is -4.22. The fourth-order valence-electron chi connectivity index (χ4n) is 2.96. The fourth-order valence-corrected chi connectivity index (χ4v) is 4.39. The molecule has 0 aliphatic carbocycles. The molecule has 1 heterocycles. The zero-order chi connectivity index (χ0) is 20.5. The molecule has 0 spiro atoms. The third kappa shape index (κ3) is 3.77. The van der Waals surface area contributed by atoms with Crippen LogP contribution in [0.4, 0.5) is 10.5 Å². The van der Waals surface area contributed by atoms with E-state index in [1.807, 2.05) is 0 Å². The van der Waals surface area contributed by atoms with Gasteiger partial charge in [-0.1, -0.05) is 29.8 Å². The van der Waals surface area contributed by atoms with Crippen molar-refractivity contribution in [1.29, 1.82) is 0 Å². The van der Waals surface area contributed by atoms with Crippen molar-refractivity contribution in [2.75, 3.05) is 11.9 Å². The number of anilines is 1. The Kier molecular flexibility index (Phi) is 5.50. The number of nitrogens with one attached hydrogen (secondary N) is 2. The van der Waals surface area contributed by atoms with Crippen LogP contribution in [-0.2, 0) is 16.5 Å². The molecule has 0 atom stereocenters. The number of aromatic nitrogens is 1. The lowest BCUT2D eigenvalue weighted by Crippen LogP contribution is -2.21. The Morgan fingerprint density at radius 1 is 1.32 bits per heavy atom. The molecule has 0 aliphatic heterocycles. The summed E-state index contributed by atoms with van der Waals surface area (Å²) in [6.45, 7) is 1.99. The Morgan fingerprint density at radius 3 is 2.68 bits per heavy atom. The predicted molar refractivity (Wildman–Crippen MR) is 108 cm³/mol. The molecule has 0 saturated heterocycles. The molecule has 10 heteroatoms. The van der Waals surface area contributed by atoms with Gasteiger partial charge in [0.1, 0.15) is 10.6 Å². The molecule has 3 rings (SSSR count). The van der Waals surface area contributed by atoms with Gasteiger partial charge in [0.25, 0.3) is 0 Å². The van der Waals surface area contributed by atoms with Crippen LogP contribution in [0.25, 0.3) is 10.9 Å². The maximum Gasteiger partial charge on any atom is 0.339 e. The van der Waals surface area contributed by atoms with Gasteiger partial charge in [-0.3, -0.25) is 0 Å². The molecule has 2 aromatic carbocycles. The lowest BCUT2D eigenvalue weighted by atomic mass is 10.1. The number of aromatic amines is 1. The van der Waals surface area contributed by atoms with Crippen LogP contribution in [0.1, 0.15) is 11.1 Å². The molecule has 0 radical (unpaired) electrons. The summed E-state index contributed by atoms with van der Waals surface area (Å²) >= 11 is 6.26. The summed E-state index contributed by atoms with van der Waals surface area (Å²) in [6.07, 6.45) is 2.15. The molecule has 0 aliphatic rings. The number of urea groups is 1. The molecule has 8 nitrogen and oxygen atoms in total. The highest BCUT2D eigenvalue weighted by atomic mass is 35.5. The summed E-state index contributed by atoms with van der Waals surface area (Å²) in [6, 6.07) is 7.05.